The standard InChI is InChI=1S/C15H19N3OS/c1-11-4-2-3-5-12(11)8-14-17-15(19-18-14)9-13-10-20-7-6-16-13/h2-5,13,16H,6-10H2,1H3. The zero-order valence-electron chi connectivity index (χ0n) is 11.6. The van der Waals surface area contributed by atoms with Crippen molar-refractivity contribution in [3.8, 4) is 0 Å². The van der Waals surface area contributed by atoms with Crippen LogP contribution in [-0.2, 0) is 12.8 Å². The summed E-state index contributed by atoms with van der Waals surface area (Å²) in [5.74, 6) is 3.83. The SMILES string of the molecule is Cc1ccccc1Cc1noc(CC2CSCCN2)n1. The van der Waals surface area contributed by atoms with Crippen LogP contribution in [0.2, 0.25) is 0 Å². The fourth-order valence-electron chi connectivity index (χ4n) is 2.39. The van der Waals surface area contributed by atoms with E-state index in [0.717, 1.165) is 36.9 Å². The highest BCUT2D eigenvalue weighted by molar-refractivity contribution is 7.99. The van der Waals surface area contributed by atoms with E-state index in [9.17, 15) is 0 Å². The van der Waals surface area contributed by atoms with Crippen molar-refractivity contribution in [2.75, 3.05) is 18.1 Å². The van der Waals surface area contributed by atoms with Gasteiger partial charge in [0.25, 0.3) is 0 Å². The number of thioether (sulfide) groups is 1. The van der Waals surface area contributed by atoms with Crippen molar-refractivity contribution in [1.29, 1.82) is 0 Å². The molecule has 0 amide bonds. The van der Waals surface area contributed by atoms with Gasteiger partial charge in [0.1, 0.15) is 0 Å². The molecule has 5 heteroatoms. The number of aryl methyl sites for hydroxylation is 1. The van der Waals surface area contributed by atoms with Crippen molar-refractivity contribution in [3.05, 3.63) is 47.1 Å². The van der Waals surface area contributed by atoms with E-state index in [2.05, 4.69) is 34.5 Å². The molecule has 1 atom stereocenters. The molecule has 0 bridgehead atoms. The zero-order valence-corrected chi connectivity index (χ0v) is 12.4. The molecular formula is C15H19N3OS. The monoisotopic (exact) mass is 289 g/mol. The second kappa shape index (κ2) is 6.41. The highest BCUT2D eigenvalue weighted by Crippen LogP contribution is 2.14. The maximum Gasteiger partial charge on any atom is 0.228 e. The highest BCUT2D eigenvalue weighted by atomic mass is 32.2. The summed E-state index contributed by atoms with van der Waals surface area (Å²) in [6.07, 6.45) is 1.57. The van der Waals surface area contributed by atoms with Crippen molar-refractivity contribution >= 4 is 11.8 Å². The van der Waals surface area contributed by atoms with E-state index in [-0.39, 0.29) is 0 Å². The summed E-state index contributed by atoms with van der Waals surface area (Å²) >= 11 is 1.98. The Balaban J connectivity index is 1.63. The summed E-state index contributed by atoms with van der Waals surface area (Å²) in [4.78, 5) is 4.51. The number of hydrogen-bond donors (Lipinski definition) is 1. The van der Waals surface area contributed by atoms with Gasteiger partial charge < -0.3 is 9.84 Å². The molecule has 0 spiro atoms. The minimum absolute atomic E-state index is 0.459. The van der Waals surface area contributed by atoms with Crippen LogP contribution >= 0.6 is 11.8 Å². The van der Waals surface area contributed by atoms with Gasteiger partial charge in [-0.15, -0.1) is 0 Å². The molecule has 106 valence electrons. The third kappa shape index (κ3) is 3.41. The van der Waals surface area contributed by atoms with Crippen molar-refractivity contribution in [1.82, 2.24) is 15.5 Å². The first-order chi connectivity index (χ1) is 9.81. The van der Waals surface area contributed by atoms with E-state index in [4.69, 9.17) is 4.52 Å². The molecule has 20 heavy (non-hydrogen) atoms. The van der Waals surface area contributed by atoms with Crippen molar-refractivity contribution in [2.45, 2.75) is 25.8 Å². The minimum Gasteiger partial charge on any atom is -0.339 e. The van der Waals surface area contributed by atoms with Gasteiger partial charge in [-0.25, -0.2) is 0 Å². The Kier molecular flexibility index (Phi) is 4.38. The Hall–Kier alpha value is -1.33. The van der Waals surface area contributed by atoms with Crippen LogP contribution in [0, 0.1) is 6.92 Å². The van der Waals surface area contributed by atoms with E-state index in [0.29, 0.717) is 6.04 Å². The summed E-state index contributed by atoms with van der Waals surface area (Å²) in [6, 6.07) is 8.78. The summed E-state index contributed by atoms with van der Waals surface area (Å²) in [5.41, 5.74) is 2.52. The van der Waals surface area contributed by atoms with Crippen molar-refractivity contribution in [3.63, 3.8) is 0 Å². The first-order valence-corrected chi connectivity index (χ1v) is 8.14. The molecule has 1 fully saturated rings. The summed E-state index contributed by atoms with van der Waals surface area (Å²) in [7, 11) is 0. The van der Waals surface area contributed by atoms with Gasteiger partial charge in [0.05, 0.1) is 0 Å². The van der Waals surface area contributed by atoms with Gasteiger partial charge >= 0.3 is 0 Å². The Bertz CT molecular complexity index is 564. The van der Waals surface area contributed by atoms with Gasteiger partial charge in [0.2, 0.25) is 5.89 Å². The molecule has 1 aromatic heterocycles. The highest BCUT2D eigenvalue weighted by Gasteiger charge is 2.17. The van der Waals surface area contributed by atoms with Crippen LogP contribution in [-0.4, -0.2) is 34.2 Å². The van der Waals surface area contributed by atoms with Crippen molar-refractivity contribution in [2.24, 2.45) is 0 Å². The predicted molar refractivity (Wildman–Crippen MR) is 81.1 cm³/mol. The van der Waals surface area contributed by atoms with E-state index < -0.39 is 0 Å². The maximum absolute atomic E-state index is 5.37. The quantitative estimate of drug-likeness (QED) is 0.935. The number of nitrogens with one attached hydrogen (secondary N) is 1. The topological polar surface area (TPSA) is 51.0 Å². The zero-order chi connectivity index (χ0) is 13.8. The Morgan fingerprint density at radius 1 is 1.40 bits per heavy atom. The Labute approximate surface area is 123 Å². The van der Waals surface area contributed by atoms with E-state index in [1.165, 1.54) is 16.9 Å². The molecule has 1 aliphatic heterocycles. The molecule has 2 aromatic rings. The van der Waals surface area contributed by atoms with Gasteiger partial charge in [0, 0.05) is 36.9 Å². The van der Waals surface area contributed by atoms with Crippen LogP contribution in [0.4, 0.5) is 0 Å². The molecule has 1 saturated heterocycles. The van der Waals surface area contributed by atoms with Gasteiger partial charge in [-0.2, -0.15) is 16.7 Å². The number of benzene rings is 1. The molecule has 0 aliphatic carbocycles. The van der Waals surface area contributed by atoms with E-state index in [1.807, 2.05) is 23.9 Å². The van der Waals surface area contributed by atoms with Crippen LogP contribution in [0.25, 0.3) is 0 Å². The van der Waals surface area contributed by atoms with Crippen LogP contribution < -0.4 is 5.32 Å². The average molecular weight is 289 g/mol. The first kappa shape index (κ1) is 13.6. The van der Waals surface area contributed by atoms with Crippen molar-refractivity contribution < 1.29 is 4.52 Å². The summed E-state index contributed by atoms with van der Waals surface area (Å²) < 4.78 is 5.37. The molecule has 3 rings (SSSR count). The summed E-state index contributed by atoms with van der Waals surface area (Å²) in [6.45, 7) is 3.18. The molecule has 1 aromatic carbocycles. The first-order valence-electron chi connectivity index (χ1n) is 6.98. The van der Waals surface area contributed by atoms with Crippen LogP contribution in [0.1, 0.15) is 22.8 Å². The van der Waals surface area contributed by atoms with Crippen LogP contribution in [0.5, 0.6) is 0 Å². The normalized spacial score (nSPS) is 19.1. The lowest BCUT2D eigenvalue weighted by Gasteiger charge is -2.21. The van der Waals surface area contributed by atoms with Crippen LogP contribution in [0.15, 0.2) is 28.8 Å². The number of nitrogens with zero attached hydrogens (tertiary/aromatic N) is 2. The van der Waals surface area contributed by atoms with Gasteiger partial charge in [-0.1, -0.05) is 29.4 Å². The minimum atomic E-state index is 0.459. The predicted octanol–water partition coefficient (Wildman–Crippen LogP) is 2.22. The molecule has 2 heterocycles. The number of rotatable bonds is 4. The second-order valence-corrected chi connectivity index (χ2v) is 6.29. The third-order valence-corrected chi connectivity index (χ3v) is 4.67. The van der Waals surface area contributed by atoms with Gasteiger partial charge in [0.15, 0.2) is 5.82 Å². The smallest absolute Gasteiger partial charge is 0.228 e. The Morgan fingerprint density at radius 3 is 3.10 bits per heavy atom. The fourth-order valence-corrected chi connectivity index (χ4v) is 3.33. The molecule has 4 nitrogen and oxygen atoms in total. The largest absolute Gasteiger partial charge is 0.339 e. The van der Waals surface area contributed by atoms with Gasteiger partial charge in [-0.05, 0) is 18.1 Å². The average Bonchev–Trinajstić information content (AvgIpc) is 2.90. The molecule has 0 saturated carbocycles. The molecule has 1 N–H and O–H groups in total. The Morgan fingerprint density at radius 2 is 2.30 bits per heavy atom. The maximum atomic E-state index is 5.37. The molecule has 1 aliphatic rings. The summed E-state index contributed by atoms with van der Waals surface area (Å²) in [5, 5.41) is 7.58. The number of hydrogen-bond acceptors (Lipinski definition) is 5. The lowest BCUT2D eigenvalue weighted by atomic mass is 10.1. The van der Waals surface area contributed by atoms with E-state index in [1.54, 1.807) is 0 Å². The number of aromatic nitrogens is 2. The molecule has 1 unspecified atom stereocenters. The lowest BCUT2D eigenvalue weighted by Crippen LogP contribution is -2.38. The van der Waals surface area contributed by atoms with Gasteiger partial charge in [-0.3, -0.25) is 0 Å². The van der Waals surface area contributed by atoms with Crippen LogP contribution in [0.3, 0.4) is 0 Å². The second-order valence-electron chi connectivity index (χ2n) is 5.14. The van der Waals surface area contributed by atoms with E-state index >= 15 is 0 Å². The fraction of sp³-hybridized carbons (Fsp3) is 0.467. The molecular weight excluding hydrogens is 270 g/mol. The molecule has 0 radical (unpaired) electrons. The lowest BCUT2D eigenvalue weighted by molar-refractivity contribution is 0.359. The third-order valence-electron chi connectivity index (χ3n) is 3.54.